The number of piperazine rings is 1. The number of rotatable bonds is 4. The highest BCUT2D eigenvalue weighted by molar-refractivity contribution is 7.09. The normalized spacial score (nSPS) is 15.7. The number of hydrogen-bond acceptors (Lipinski definition) is 4. The summed E-state index contributed by atoms with van der Waals surface area (Å²) < 4.78 is 13.1. The van der Waals surface area contributed by atoms with E-state index in [0.717, 1.165) is 43.5 Å². The van der Waals surface area contributed by atoms with Crippen molar-refractivity contribution in [2.24, 2.45) is 4.99 Å². The molecule has 7 heteroatoms. The summed E-state index contributed by atoms with van der Waals surface area (Å²) in [7, 11) is 1.81. The van der Waals surface area contributed by atoms with Gasteiger partial charge in [-0.1, -0.05) is 13.8 Å². The van der Waals surface area contributed by atoms with E-state index in [4.69, 9.17) is 0 Å². The van der Waals surface area contributed by atoms with Crippen LogP contribution in [0.4, 0.5) is 10.1 Å². The molecule has 1 aromatic carbocycles. The molecule has 0 atom stereocenters. The maximum absolute atomic E-state index is 13.1. The Hall–Kier alpha value is -2.15. The number of hydrogen-bond donors (Lipinski definition) is 1. The Labute approximate surface area is 158 Å². The zero-order valence-corrected chi connectivity index (χ0v) is 16.4. The molecule has 5 nitrogen and oxygen atoms in total. The molecule has 0 saturated carbocycles. The van der Waals surface area contributed by atoms with Crippen LogP contribution in [-0.2, 0) is 6.54 Å². The summed E-state index contributed by atoms with van der Waals surface area (Å²) in [6.45, 7) is 8.55. The summed E-state index contributed by atoms with van der Waals surface area (Å²) >= 11 is 1.71. The van der Waals surface area contributed by atoms with Gasteiger partial charge in [-0.3, -0.25) is 4.99 Å². The topological polar surface area (TPSA) is 43.8 Å². The molecule has 0 aliphatic carbocycles. The molecule has 0 amide bonds. The van der Waals surface area contributed by atoms with Crippen molar-refractivity contribution in [2.75, 3.05) is 38.1 Å². The van der Waals surface area contributed by atoms with Gasteiger partial charge in [0, 0.05) is 50.2 Å². The van der Waals surface area contributed by atoms with Crippen LogP contribution >= 0.6 is 11.3 Å². The minimum atomic E-state index is -0.195. The van der Waals surface area contributed by atoms with Crippen molar-refractivity contribution >= 4 is 23.0 Å². The number of halogens is 1. The number of aromatic nitrogens is 1. The molecule has 1 fully saturated rings. The third kappa shape index (κ3) is 4.52. The van der Waals surface area contributed by atoms with E-state index < -0.39 is 0 Å². The highest BCUT2D eigenvalue weighted by atomic mass is 32.1. The van der Waals surface area contributed by atoms with E-state index >= 15 is 0 Å². The van der Waals surface area contributed by atoms with Gasteiger partial charge in [-0.05, 0) is 24.3 Å². The van der Waals surface area contributed by atoms with E-state index in [1.165, 1.54) is 17.1 Å². The second-order valence-electron chi connectivity index (χ2n) is 6.68. The first-order valence-corrected chi connectivity index (χ1v) is 9.85. The largest absolute Gasteiger partial charge is 0.368 e. The Morgan fingerprint density at radius 2 is 1.92 bits per heavy atom. The Kier molecular flexibility index (Phi) is 6.08. The quantitative estimate of drug-likeness (QED) is 0.658. The number of benzene rings is 1. The van der Waals surface area contributed by atoms with E-state index in [1.54, 1.807) is 11.3 Å². The number of anilines is 1. The van der Waals surface area contributed by atoms with E-state index in [1.807, 2.05) is 19.2 Å². The van der Waals surface area contributed by atoms with Gasteiger partial charge in [0.2, 0.25) is 0 Å². The minimum Gasteiger partial charge on any atom is -0.368 e. The molecular weight excluding hydrogens is 349 g/mol. The Bertz CT molecular complexity index is 733. The molecule has 140 valence electrons. The molecular formula is C19H26FN5S. The summed E-state index contributed by atoms with van der Waals surface area (Å²) in [5, 5.41) is 6.71. The molecule has 1 N–H and O–H groups in total. The summed E-state index contributed by atoms with van der Waals surface area (Å²) in [4.78, 5) is 13.6. The maximum atomic E-state index is 13.1. The van der Waals surface area contributed by atoms with Gasteiger partial charge in [0.1, 0.15) is 5.82 Å². The molecule has 2 heterocycles. The first kappa shape index (κ1) is 18.6. The molecule has 26 heavy (non-hydrogen) atoms. The van der Waals surface area contributed by atoms with E-state index in [0.29, 0.717) is 12.5 Å². The first-order chi connectivity index (χ1) is 12.6. The van der Waals surface area contributed by atoms with Crippen LogP contribution < -0.4 is 10.2 Å². The van der Waals surface area contributed by atoms with Crippen LogP contribution in [0.25, 0.3) is 0 Å². The van der Waals surface area contributed by atoms with Crippen LogP contribution in [0.1, 0.15) is 30.5 Å². The van der Waals surface area contributed by atoms with Crippen molar-refractivity contribution in [3.8, 4) is 0 Å². The molecule has 0 bridgehead atoms. The number of guanidine groups is 1. The van der Waals surface area contributed by atoms with Gasteiger partial charge in [-0.25, -0.2) is 9.37 Å². The molecule has 2 aromatic rings. The Morgan fingerprint density at radius 3 is 2.50 bits per heavy atom. The lowest BCUT2D eigenvalue weighted by Gasteiger charge is -2.37. The summed E-state index contributed by atoms with van der Waals surface area (Å²) in [5.41, 5.74) is 2.13. The third-order valence-electron chi connectivity index (χ3n) is 4.47. The van der Waals surface area contributed by atoms with Crippen LogP contribution in [-0.4, -0.2) is 49.1 Å². The molecule has 1 aliphatic rings. The predicted octanol–water partition coefficient (Wildman–Crippen LogP) is 3.30. The molecule has 1 saturated heterocycles. The van der Waals surface area contributed by atoms with Gasteiger partial charge in [0.15, 0.2) is 5.96 Å². The second-order valence-corrected chi connectivity index (χ2v) is 7.57. The fourth-order valence-corrected chi connectivity index (χ4v) is 3.83. The number of thiazole rings is 1. The molecule has 0 radical (unpaired) electrons. The van der Waals surface area contributed by atoms with Crippen molar-refractivity contribution in [1.82, 2.24) is 15.2 Å². The van der Waals surface area contributed by atoms with Crippen LogP contribution in [0, 0.1) is 5.82 Å². The molecule has 1 aliphatic heterocycles. The van der Waals surface area contributed by atoms with Gasteiger partial charge >= 0.3 is 0 Å². The van der Waals surface area contributed by atoms with Gasteiger partial charge < -0.3 is 15.1 Å². The van der Waals surface area contributed by atoms with E-state index in [-0.39, 0.29) is 5.82 Å². The number of aliphatic imine (C=N–C) groups is 1. The minimum absolute atomic E-state index is 0.195. The predicted molar refractivity (Wildman–Crippen MR) is 107 cm³/mol. The average molecular weight is 376 g/mol. The van der Waals surface area contributed by atoms with Crippen LogP contribution in [0.3, 0.4) is 0 Å². The number of nitrogens with one attached hydrogen (secondary N) is 1. The summed E-state index contributed by atoms with van der Waals surface area (Å²) in [5.74, 6) is 1.18. The van der Waals surface area contributed by atoms with E-state index in [2.05, 4.69) is 44.3 Å². The maximum Gasteiger partial charge on any atom is 0.194 e. The molecule has 1 aromatic heterocycles. The highest BCUT2D eigenvalue weighted by Gasteiger charge is 2.20. The SMILES string of the molecule is CN=C(NCc1csc(C(C)C)n1)N1CCN(c2ccc(F)cc2)CC1. The highest BCUT2D eigenvalue weighted by Crippen LogP contribution is 2.19. The van der Waals surface area contributed by atoms with Crippen molar-refractivity contribution < 1.29 is 4.39 Å². The Morgan fingerprint density at radius 1 is 1.23 bits per heavy atom. The lowest BCUT2D eigenvalue weighted by molar-refractivity contribution is 0.372. The smallest absolute Gasteiger partial charge is 0.194 e. The average Bonchev–Trinajstić information content (AvgIpc) is 3.13. The summed E-state index contributed by atoms with van der Waals surface area (Å²) in [6.07, 6.45) is 0. The second kappa shape index (κ2) is 8.49. The lowest BCUT2D eigenvalue weighted by atomic mass is 10.2. The molecule has 0 spiro atoms. The van der Waals surface area contributed by atoms with Gasteiger partial charge in [-0.2, -0.15) is 0 Å². The fourth-order valence-electron chi connectivity index (χ4n) is 3.00. The zero-order chi connectivity index (χ0) is 18.5. The fraction of sp³-hybridized carbons (Fsp3) is 0.474. The monoisotopic (exact) mass is 375 g/mol. The van der Waals surface area contributed by atoms with Crippen molar-refractivity contribution in [1.29, 1.82) is 0 Å². The molecule has 0 unspecified atom stereocenters. The lowest BCUT2D eigenvalue weighted by Crippen LogP contribution is -2.52. The van der Waals surface area contributed by atoms with Gasteiger partial charge in [0.25, 0.3) is 0 Å². The van der Waals surface area contributed by atoms with Crippen LogP contribution in [0.15, 0.2) is 34.6 Å². The first-order valence-electron chi connectivity index (χ1n) is 8.97. The third-order valence-corrected chi connectivity index (χ3v) is 5.67. The standard InChI is InChI=1S/C19H26FN5S/c1-14(2)18-23-16(13-26-18)12-22-19(21-3)25-10-8-24(9-11-25)17-6-4-15(20)5-7-17/h4-7,13-14H,8-12H2,1-3H3,(H,21,22). The van der Waals surface area contributed by atoms with Gasteiger partial charge in [-0.15, -0.1) is 11.3 Å². The summed E-state index contributed by atoms with van der Waals surface area (Å²) in [6, 6.07) is 6.71. The zero-order valence-electron chi connectivity index (χ0n) is 15.6. The van der Waals surface area contributed by atoms with Crippen molar-refractivity contribution in [2.45, 2.75) is 26.3 Å². The van der Waals surface area contributed by atoms with Crippen LogP contribution in [0.5, 0.6) is 0 Å². The van der Waals surface area contributed by atoms with Crippen LogP contribution in [0.2, 0.25) is 0 Å². The van der Waals surface area contributed by atoms with Crippen molar-refractivity contribution in [3.05, 3.63) is 46.2 Å². The van der Waals surface area contributed by atoms with E-state index in [9.17, 15) is 4.39 Å². The molecule has 3 rings (SSSR count). The Balaban J connectivity index is 1.52. The van der Waals surface area contributed by atoms with Gasteiger partial charge in [0.05, 0.1) is 17.2 Å². The number of nitrogens with zero attached hydrogens (tertiary/aromatic N) is 4. The van der Waals surface area contributed by atoms with Crippen molar-refractivity contribution in [3.63, 3.8) is 0 Å².